The first-order valence-corrected chi connectivity index (χ1v) is 8.23. The highest BCUT2D eigenvalue weighted by Gasteiger charge is 2.42. The van der Waals surface area contributed by atoms with Crippen molar-refractivity contribution in [3.05, 3.63) is 28.8 Å². The average molecular weight is 294 g/mol. The number of Topliss-reactive ketones (excluding diaryl/α,β-unsaturated/α-hetero) is 1. The first kappa shape index (κ1) is 15.4. The number of aliphatic hydroxyl groups is 1. The third kappa shape index (κ3) is 2.72. The van der Waals surface area contributed by atoms with Crippen molar-refractivity contribution in [3.63, 3.8) is 0 Å². The molecule has 0 spiro atoms. The molecule has 110 valence electrons. The molecule has 1 N–H and O–H groups in total. The molecular weight excluding hydrogens is 272 g/mol. The van der Waals surface area contributed by atoms with Crippen molar-refractivity contribution >= 4 is 16.6 Å². The van der Waals surface area contributed by atoms with Crippen LogP contribution in [0.15, 0.2) is 17.0 Å². The molecule has 0 radical (unpaired) electrons. The highest BCUT2D eigenvalue weighted by Crippen LogP contribution is 2.34. The Labute approximate surface area is 122 Å². The quantitative estimate of drug-likeness (QED) is 0.931. The van der Waals surface area contributed by atoms with E-state index in [0.29, 0.717) is 12.8 Å². The Hall–Kier alpha value is -1.00. The predicted molar refractivity (Wildman–Crippen MR) is 80.3 cm³/mol. The lowest BCUT2D eigenvalue weighted by molar-refractivity contribution is -0.117. The van der Waals surface area contributed by atoms with Crippen molar-refractivity contribution in [3.8, 4) is 0 Å². The van der Waals surface area contributed by atoms with E-state index in [1.54, 1.807) is 6.92 Å². The molecule has 0 aromatic heterocycles. The van der Waals surface area contributed by atoms with Gasteiger partial charge in [-0.25, -0.2) is 0 Å². The maximum atomic E-state index is 12.9. The number of aliphatic hydroxyl groups excluding tert-OH is 1. The monoisotopic (exact) mass is 294 g/mol. The molecule has 1 aliphatic carbocycles. The van der Waals surface area contributed by atoms with Crippen molar-refractivity contribution < 1.29 is 14.1 Å². The fraction of sp³-hybridized carbons (Fsp3) is 0.562. The molecule has 0 bridgehead atoms. The van der Waals surface area contributed by atoms with E-state index >= 15 is 0 Å². The maximum absolute atomic E-state index is 12.9. The summed E-state index contributed by atoms with van der Waals surface area (Å²) in [4.78, 5) is 12.9. The number of carbonyl (C=O) groups is 1. The third-order valence-corrected chi connectivity index (χ3v) is 6.21. The van der Waals surface area contributed by atoms with Crippen LogP contribution in [0, 0.1) is 26.7 Å². The van der Waals surface area contributed by atoms with Crippen molar-refractivity contribution in [2.45, 2.75) is 56.8 Å². The minimum Gasteiger partial charge on any atom is -0.393 e. The van der Waals surface area contributed by atoms with E-state index in [1.807, 2.05) is 32.9 Å². The number of carbonyl (C=O) groups excluding carboxylic acids is 1. The number of ketones is 1. The van der Waals surface area contributed by atoms with E-state index in [2.05, 4.69) is 0 Å². The largest absolute Gasteiger partial charge is 0.393 e. The van der Waals surface area contributed by atoms with Gasteiger partial charge >= 0.3 is 0 Å². The Kier molecular flexibility index (Phi) is 4.45. The van der Waals surface area contributed by atoms with Gasteiger partial charge in [-0.2, -0.15) is 0 Å². The molecule has 1 aliphatic rings. The Morgan fingerprint density at radius 2 is 1.80 bits per heavy atom. The van der Waals surface area contributed by atoms with Crippen LogP contribution in [-0.2, 0) is 15.6 Å². The summed E-state index contributed by atoms with van der Waals surface area (Å²) < 4.78 is 12.9. The zero-order chi connectivity index (χ0) is 15.0. The standard InChI is InChI=1S/C16H22O3S/c1-9-7-10(2)15(11(3)8-9)20(19)16-13(12(4)17)5-6-14(16)18/h7-8,12-13,16-17H,5-6H2,1-4H3/t12?,13-,16?,20?/m1/s1. The van der Waals surface area contributed by atoms with Gasteiger partial charge < -0.3 is 5.11 Å². The van der Waals surface area contributed by atoms with Crippen LogP contribution in [0.1, 0.15) is 36.5 Å². The lowest BCUT2D eigenvalue weighted by atomic mass is 10.0. The number of rotatable bonds is 3. The highest BCUT2D eigenvalue weighted by atomic mass is 32.2. The Morgan fingerprint density at radius 3 is 2.30 bits per heavy atom. The number of hydrogen-bond donors (Lipinski definition) is 1. The maximum Gasteiger partial charge on any atom is 0.149 e. The Balaban J connectivity index is 2.43. The van der Waals surface area contributed by atoms with Gasteiger partial charge in [0.25, 0.3) is 0 Å². The summed E-state index contributed by atoms with van der Waals surface area (Å²) in [6.07, 6.45) is 0.466. The van der Waals surface area contributed by atoms with Crippen molar-refractivity contribution in [2.24, 2.45) is 5.92 Å². The summed E-state index contributed by atoms with van der Waals surface area (Å²) in [5.41, 5.74) is 3.06. The number of benzene rings is 1. The first-order valence-electron chi connectivity index (χ1n) is 7.02. The van der Waals surface area contributed by atoms with Crippen LogP contribution in [0.25, 0.3) is 0 Å². The van der Waals surface area contributed by atoms with Crippen LogP contribution in [0.5, 0.6) is 0 Å². The third-order valence-electron chi connectivity index (χ3n) is 4.09. The lowest BCUT2D eigenvalue weighted by Crippen LogP contribution is -2.33. The normalized spacial score (nSPS) is 25.8. The topological polar surface area (TPSA) is 54.4 Å². The van der Waals surface area contributed by atoms with E-state index in [0.717, 1.165) is 21.6 Å². The zero-order valence-electron chi connectivity index (χ0n) is 12.5. The Morgan fingerprint density at radius 1 is 1.25 bits per heavy atom. The van der Waals surface area contributed by atoms with Crippen LogP contribution >= 0.6 is 0 Å². The second kappa shape index (κ2) is 5.78. The molecule has 1 aromatic rings. The van der Waals surface area contributed by atoms with Gasteiger partial charge in [0, 0.05) is 17.2 Å². The molecule has 0 aliphatic heterocycles. The molecule has 3 unspecified atom stereocenters. The van der Waals surface area contributed by atoms with Crippen LogP contribution in [0.2, 0.25) is 0 Å². The Bertz CT molecular complexity index is 540. The predicted octanol–water partition coefficient (Wildman–Crippen LogP) is 2.45. The molecule has 2 rings (SSSR count). The smallest absolute Gasteiger partial charge is 0.149 e. The number of aryl methyl sites for hydroxylation is 3. The summed E-state index contributed by atoms with van der Waals surface area (Å²) in [6, 6.07) is 3.99. The SMILES string of the molecule is Cc1cc(C)c(S(=O)C2C(=O)CC[C@@H]2C(C)O)c(C)c1. The second-order valence-corrected chi connectivity index (χ2v) is 7.37. The number of hydrogen-bond acceptors (Lipinski definition) is 3. The van der Waals surface area contributed by atoms with Gasteiger partial charge in [0.05, 0.1) is 16.9 Å². The fourth-order valence-electron chi connectivity index (χ4n) is 3.22. The van der Waals surface area contributed by atoms with Crippen LogP contribution in [-0.4, -0.2) is 26.5 Å². The van der Waals surface area contributed by atoms with Crippen molar-refractivity contribution in [1.82, 2.24) is 0 Å². The summed E-state index contributed by atoms with van der Waals surface area (Å²) in [7, 11) is -1.38. The van der Waals surface area contributed by atoms with Crippen LogP contribution in [0.3, 0.4) is 0 Å². The van der Waals surface area contributed by atoms with Crippen LogP contribution in [0.4, 0.5) is 0 Å². The summed E-state index contributed by atoms with van der Waals surface area (Å²) in [5, 5.41) is 9.27. The molecular formula is C16H22O3S. The fourth-order valence-corrected chi connectivity index (χ4v) is 5.27. The molecule has 0 heterocycles. The molecule has 1 fully saturated rings. The lowest BCUT2D eigenvalue weighted by Gasteiger charge is -2.22. The molecule has 1 aromatic carbocycles. The van der Waals surface area contributed by atoms with Crippen molar-refractivity contribution in [1.29, 1.82) is 0 Å². The summed E-state index contributed by atoms with van der Waals surface area (Å²) >= 11 is 0. The zero-order valence-corrected chi connectivity index (χ0v) is 13.3. The molecule has 1 saturated carbocycles. The minimum atomic E-state index is -1.38. The first-order chi connectivity index (χ1) is 9.32. The van der Waals surface area contributed by atoms with Gasteiger partial charge in [-0.3, -0.25) is 9.00 Å². The van der Waals surface area contributed by atoms with E-state index in [9.17, 15) is 14.1 Å². The molecule has 0 amide bonds. The summed E-state index contributed by atoms with van der Waals surface area (Å²) in [6.45, 7) is 7.56. The summed E-state index contributed by atoms with van der Waals surface area (Å²) in [5.74, 6) is -0.169. The van der Waals surface area contributed by atoms with E-state index in [-0.39, 0.29) is 11.7 Å². The molecule has 4 atom stereocenters. The van der Waals surface area contributed by atoms with Crippen LogP contribution < -0.4 is 0 Å². The van der Waals surface area contributed by atoms with Gasteiger partial charge in [-0.15, -0.1) is 0 Å². The van der Waals surface area contributed by atoms with E-state index < -0.39 is 22.2 Å². The molecule has 20 heavy (non-hydrogen) atoms. The van der Waals surface area contributed by atoms with Gasteiger partial charge in [-0.1, -0.05) is 17.7 Å². The van der Waals surface area contributed by atoms with Gasteiger partial charge in [-0.05, 0) is 45.2 Å². The molecule has 0 saturated heterocycles. The molecule has 3 nitrogen and oxygen atoms in total. The van der Waals surface area contributed by atoms with E-state index in [4.69, 9.17) is 0 Å². The highest BCUT2D eigenvalue weighted by molar-refractivity contribution is 7.86. The average Bonchev–Trinajstić information content (AvgIpc) is 2.69. The minimum absolute atomic E-state index is 0.0219. The van der Waals surface area contributed by atoms with Gasteiger partial charge in [0.2, 0.25) is 0 Å². The van der Waals surface area contributed by atoms with E-state index in [1.165, 1.54) is 0 Å². The molecule has 4 heteroatoms. The van der Waals surface area contributed by atoms with Crippen molar-refractivity contribution in [2.75, 3.05) is 0 Å². The van der Waals surface area contributed by atoms with Gasteiger partial charge in [0.1, 0.15) is 11.0 Å². The van der Waals surface area contributed by atoms with Gasteiger partial charge in [0.15, 0.2) is 0 Å². The second-order valence-electron chi connectivity index (χ2n) is 5.86.